The molecular formula is C55H74F4N14O4. The van der Waals surface area contributed by atoms with E-state index in [0.717, 1.165) is 80.3 Å². The van der Waals surface area contributed by atoms with E-state index in [1.165, 1.54) is 24.2 Å². The number of fused-ring (bicyclic) bond motifs is 4. The molecule has 0 aliphatic carbocycles. The third-order valence-electron chi connectivity index (χ3n) is 16.6. The molecular weight excluding hydrogens is 997 g/mol. The van der Waals surface area contributed by atoms with Crippen LogP contribution in [0.25, 0.3) is 0 Å². The molecule has 4 unspecified atom stereocenters. The van der Waals surface area contributed by atoms with Gasteiger partial charge in [-0.2, -0.15) is 9.97 Å². The smallest absolute Gasteiger partial charge is 0.268 e. The zero-order chi connectivity index (χ0) is 53.7. The predicted octanol–water partition coefficient (Wildman–Crippen LogP) is 7.47. The Morgan fingerprint density at radius 3 is 1.86 bits per heavy atom. The molecule has 6 fully saturated rings. The number of nitrogens with one attached hydrogen (secondary N) is 4. The van der Waals surface area contributed by atoms with Crippen LogP contribution in [0.1, 0.15) is 93.9 Å². The molecule has 22 heteroatoms. The van der Waals surface area contributed by atoms with Gasteiger partial charge in [-0.15, -0.1) is 0 Å². The van der Waals surface area contributed by atoms with Crippen LogP contribution in [0, 0.1) is 0 Å². The lowest BCUT2D eigenvalue weighted by Crippen LogP contribution is -2.52. The molecule has 2 amide bonds. The van der Waals surface area contributed by atoms with Crippen LogP contribution in [0.15, 0.2) is 48.8 Å². The first-order valence-corrected chi connectivity index (χ1v) is 27.6. The molecule has 2 aromatic carbocycles. The number of piperazine rings is 2. The Hall–Kier alpha value is -6.10. The summed E-state index contributed by atoms with van der Waals surface area (Å²) in [5.74, 6) is -0.0226. The maximum Gasteiger partial charge on any atom is 0.268 e. The summed E-state index contributed by atoms with van der Waals surface area (Å²) in [5.41, 5.74) is 5.46. The second-order valence-electron chi connectivity index (χ2n) is 21.4. The van der Waals surface area contributed by atoms with Crippen LogP contribution in [0.2, 0.25) is 0 Å². The minimum absolute atomic E-state index is 0.00333. The van der Waals surface area contributed by atoms with Crippen molar-refractivity contribution < 1.29 is 36.6 Å². The second-order valence-corrected chi connectivity index (χ2v) is 21.4. The van der Waals surface area contributed by atoms with Gasteiger partial charge in [0.2, 0.25) is 17.8 Å². The number of halogens is 4. The van der Waals surface area contributed by atoms with Gasteiger partial charge in [0.1, 0.15) is 17.7 Å². The van der Waals surface area contributed by atoms with Crippen molar-refractivity contribution in [3.63, 3.8) is 0 Å². The first-order chi connectivity index (χ1) is 37.3. The molecule has 4 aromatic rings. The zero-order valence-electron chi connectivity index (χ0n) is 44.7. The van der Waals surface area contributed by atoms with E-state index in [0.29, 0.717) is 63.1 Å². The van der Waals surface area contributed by atoms with Crippen LogP contribution >= 0.6 is 0 Å². The maximum atomic E-state index is 14.3. The topological polar surface area (TPSA) is 172 Å². The van der Waals surface area contributed by atoms with Crippen molar-refractivity contribution in [1.82, 2.24) is 39.5 Å². The van der Waals surface area contributed by atoms with Gasteiger partial charge in [-0.05, 0) is 113 Å². The average molecular weight is 1070 g/mol. The van der Waals surface area contributed by atoms with E-state index in [2.05, 4.69) is 113 Å². The van der Waals surface area contributed by atoms with E-state index in [9.17, 15) is 27.2 Å². The minimum atomic E-state index is -2.82. The van der Waals surface area contributed by atoms with Gasteiger partial charge >= 0.3 is 0 Å². The summed E-state index contributed by atoms with van der Waals surface area (Å²) in [6, 6.07) is 14.8. The maximum absolute atomic E-state index is 14.3. The highest BCUT2D eigenvalue weighted by Gasteiger charge is 2.42. The van der Waals surface area contributed by atoms with Gasteiger partial charge in [0.15, 0.2) is 6.10 Å². The number of benzene rings is 2. The zero-order valence-corrected chi connectivity index (χ0v) is 44.7. The monoisotopic (exact) mass is 1070 g/mol. The number of nitrogens with zero attached hydrogens (tertiary/aromatic N) is 10. The van der Waals surface area contributed by atoms with Crippen molar-refractivity contribution >= 4 is 58.1 Å². The first-order valence-electron chi connectivity index (χ1n) is 27.6. The van der Waals surface area contributed by atoms with Crippen LogP contribution in [-0.2, 0) is 31.9 Å². The Morgan fingerprint density at radius 2 is 1.29 bits per heavy atom. The molecule has 8 heterocycles. The van der Waals surface area contributed by atoms with Crippen LogP contribution in [0.5, 0.6) is 0 Å². The highest BCUT2D eigenvalue weighted by Crippen LogP contribution is 2.37. The molecule has 6 atom stereocenters. The number of likely N-dealkylation sites (tertiary alicyclic amines) is 1. The number of hydrogen-bond donors (Lipinski definition) is 4. The third kappa shape index (κ3) is 12.3. The minimum Gasteiger partial charge on any atom is -0.373 e. The van der Waals surface area contributed by atoms with E-state index in [4.69, 9.17) is 9.47 Å². The molecule has 4 N–H and O–H groups in total. The van der Waals surface area contributed by atoms with Gasteiger partial charge in [-0.25, -0.2) is 27.5 Å². The number of aryl methyl sites for hydroxylation is 2. The standard InChI is InChI=1S/C55H74F4N14O4/c1-5-34-24-36(72-30-38-10-11-39(31-72)69(38)4)12-14-44(34)64-54-62-27-42(49(56)57)51(66-54)60-17-7-19-70-21-9-22-77-48(53(70)75)46-33-71(47(74)16-23-76-46)20-8-18-61-52-43(50(58)59)28-63-55(67-52)65-45-15-13-37(25-35(45)6-2)73-32-40-26-41(73)29-68(40)3/h12-15,24-25,27-28,38-41,46,48-50H,5-11,16-23,26,29-33H2,1-4H3,(H2,60,62,64,66)(H2,61,63,65,67)/t38-,39+,40?,41?,46?,48?. The number of ether oxygens (including phenoxy) is 2. The van der Waals surface area contributed by atoms with E-state index in [-0.39, 0.29) is 85.7 Å². The number of hydrogen-bond acceptors (Lipinski definition) is 16. The number of amides is 2. The third-order valence-corrected chi connectivity index (χ3v) is 16.6. The number of aromatic nitrogens is 4. The molecule has 416 valence electrons. The summed E-state index contributed by atoms with van der Waals surface area (Å²) in [5, 5.41) is 12.7. The summed E-state index contributed by atoms with van der Waals surface area (Å²) in [4.78, 5) is 58.2. The highest BCUT2D eigenvalue weighted by molar-refractivity contribution is 5.82. The van der Waals surface area contributed by atoms with Crippen LogP contribution in [0.4, 0.5) is 63.8 Å². The molecule has 4 bridgehead atoms. The number of carbonyl (C=O) groups excluding carboxylic acids is 2. The summed E-state index contributed by atoms with van der Waals surface area (Å²) in [6.07, 6.45) is 1.55. The van der Waals surface area contributed by atoms with Crippen LogP contribution in [-0.4, -0.2) is 180 Å². The molecule has 6 saturated heterocycles. The lowest BCUT2D eigenvalue weighted by atomic mass is 10.1. The van der Waals surface area contributed by atoms with Gasteiger partial charge < -0.3 is 50.3 Å². The quantitative estimate of drug-likeness (QED) is 0.0478. The van der Waals surface area contributed by atoms with E-state index >= 15 is 0 Å². The van der Waals surface area contributed by atoms with Gasteiger partial charge in [-0.3, -0.25) is 19.4 Å². The SMILES string of the molecule is CCc1cc(N2CC3CC2CN3C)ccc1Nc1ncc(C(F)F)c(NCCCN2CC(C3OCCCN(CCCNc4nc(Nc5ccc(N6C[C@H]7CC[C@@H](C6)N7C)cc5CC)ncc4C(F)F)C3=O)OCCC2=O)n1. The Morgan fingerprint density at radius 1 is 0.688 bits per heavy atom. The average Bonchev–Trinajstić information content (AvgIpc) is 4.00. The molecule has 6 aliphatic heterocycles. The fraction of sp³-hybridized carbons (Fsp3) is 0.600. The number of alkyl halides is 4. The van der Waals surface area contributed by atoms with Crippen LogP contribution in [0.3, 0.4) is 0 Å². The summed E-state index contributed by atoms with van der Waals surface area (Å²) in [7, 11) is 4.40. The van der Waals surface area contributed by atoms with E-state index in [1.54, 1.807) is 9.80 Å². The molecule has 10 rings (SSSR count). The van der Waals surface area contributed by atoms with Crippen molar-refractivity contribution in [2.45, 2.75) is 121 Å². The van der Waals surface area contributed by atoms with Crippen LogP contribution < -0.4 is 31.1 Å². The molecule has 2 aromatic heterocycles. The van der Waals surface area contributed by atoms with Gasteiger partial charge in [0, 0.05) is 131 Å². The number of anilines is 8. The van der Waals surface area contributed by atoms with Crippen molar-refractivity contribution in [2.75, 3.05) is 124 Å². The van der Waals surface area contributed by atoms with Crippen molar-refractivity contribution in [3.05, 3.63) is 71.0 Å². The number of carbonyl (C=O) groups is 2. The largest absolute Gasteiger partial charge is 0.373 e. The fourth-order valence-corrected chi connectivity index (χ4v) is 12.1. The molecule has 77 heavy (non-hydrogen) atoms. The highest BCUT2D eigenvalue weighted by atomic mass is 19.3. The van der Waals surface area contributed by atoms with Crippen molar-refractivity contribution in [3.8, 4) is 0 Å². The lowest BCUT2D eigenvalue weighted by molar-refractivity contribution is -0.152. The van der Waals surface area contributed by atoms with Crippen molar-refractivity contribution in [2.24, 2.45) is 0 Å². The van der Waals surface area contributed by atoms with Gasteiger partial charge in [0.05, 0.1) is 24.2 Å². The fourth-order valence-electron chi connectivity index (χ4n) is 12.1. The summed E-state index contributed by atoms with van der Waals surface area (Å²) >= 11 is 0. The normalized spacial score (nSPS) is 24.1. The molecule has 18 nitrogen and oxygen atoms in total. The summed E-state index contributed by atoms with van der Waals surface area (Å²) in [6.45, 7) is 10.2. The Balaban J connectivity index is 0.714. The summed E-state index contributed by atoms with van der Waals surface area (Å²) < 4.78 is 69.3. The molecule has 6 aliphatic rings. The van der Waals surface area contributed by atoms with Crippen molar-refractivity contribution in [1.29, 1.82) is 0 Å². The Labute approximate surface area is 448 Å². The van der Waals surface area contributed by atoms with Gasteiger partial charge in [0.25, 0.3) is 18.8 Å². The predicted molar refractivity (Wildman–Crippen MR) is 289 cm³/mol. The molecule has 0 saturated carbocycles. The number of rotatable bonds is 21. The Kier molecular flexibility index (Phi) is 17.1. The van der Waals surface area contributed by atoms with Gasteiger partial charge in [-0.1, -0.05) is 13.8 Å². The molecule has 0 radical (unpaired) electrons. The lowest BCUT2D eigenvalue weighted by Gasteiger charge is -2.40. The van der Waals surface area contributed by atoms with E-state index in [1.807, 2.05) is 12.1 Å². The Bertz CT molecular complexity index is 2690. The number of likely N-dealkylation sites (N-methyl/N-ethyl adjacent to an activating group) is 2. The first kappa shape index (κ1) is 54.3. The molecule has 0 spiro atoms. The van der Waals surface area contributed by atoms with E-state index < -0.39 is 25.1 Å². The second kappa shape index (κ2) is 24.3.